The van der Waals surface area contributed by atoms with Gasteiger partial charge in [0.05, 0.1) is 0 Å². The van der Waals surface area contributed by atoms with E-state index in [4.69, 9.17) is 9.47 Å². The van der Waals surface area contributed by atoms with Gasteiger partial charge in [0, 0.05) is 5.41 Å². The Morgan fingerprint density at radius 2 is 1.11 bits per heavy atom. The Hall–Kier alpha value is -0.560. The van der Waals surface area contributed by atoms with Crippen LogP contribution in [0.5, 0.6) is 11.5 Å². The largest absolute Gasteiger partial charge is 0.463 e. The molecule has 0 atom stereocenters. The van der Waals surface area contributed by atoms with Gasteiger partial charge in [0.2, 0.25) is 6.84 Å². The summed E-state index contributed by atoms with van der Waals surface area (Å²) in [4.78, 5) is 0. The third-order valence-corrected chi connectivity index (χ3v) is 6.04. The van der Waals surface area contributed by atoms with E-state index in [2.05, 4.69) is 103 Å². The number of benzene rings is 2. The van der Waals surface area contributed by atoms with Gasteiger partial charge in [-0.15, -0.1) is 0 Å². The van der Waals surface area contributed by atoms with Crippen molar-refractivity contribution in [2.24, 2.45) is 0 Å². The summed E-state index contributed by atoms with van der Waals surface area (Å²) in [6.07, 6.45) is 3.27. The Labute approximate surface area is 194 Å². The van der Waals surface area contributed by atoms with Crippen LogP contribution in [0.25, 0.3) is 0 Å². The highest BCUT2D eigenvalue weighted by molar-refractivity contribution is 9.25. The zero-order chi connectivity index (χ0) is 20.3. The highest BCUT2D eigenvalue weighted by Gasteiger charge is 2.27. The van der Waals surface area contributed by atoms with Crippen LogP contribution in [0.3, 0.4) is 0 Å². The van der Waals surface area contributed by atoms with E-state index in [1.54, 1.807) is 12.2 Å². The van der Waals surface area contributed by atoms with Gasteiger partial charge >= 0.3 is 0 Å². The van der Waals surface area contributed by atoms with Crippen LogP contribution in [0.1, 0.15) is 25.0 Å². The van der Waals surface area contributed by atoms with E-state index in [1.807, 2.05) is 36.4 Å². The van der Waals surface area contributed by atoms with E-state index in [0.717, 1.165) is 22.6 Å². The molecular formula is C21H20Br4O2. The maximum atomic E-state index is 5.89. The van der Waals surface area contributed by atoms with Gasteiger partial charge in [0.15, 0.2) is 0 Å². The topological polar surface area (TPSA) is 18.5 Å². The maximum absolute atomic E-state index is 5.89. The van der Waals surface area contributed by atoms with E-state index in [1.165, 1.54) is 0 Å². The monoisotopic (exact) mass is 620 g/mol. The summed E-state index contributed by atoms with van der Waals surface area (Å²) in [5.74, 6) is 1.46. The van der Waals surface area contributed by atoms with Gasteiger partial charge in [-0.2, -0.15) is 0 Å². The average Bonchev–Trinajstić information content (AvgIpc) is 2.61. The van der Waals surface area contributed by atoms with Crippen LogP contribution in [-0.4, -0.2) is 6.84 Å². The molecule has 0 fully saturated rings. The summed E-state index contributed by atoms with van der Waals surface area (Å²) in [5.41, 5.74) is 1.97. The van der Waals surface area contributed by atoms with Crippen molar-refractivity contribution >= 4 is 63.7 Å². The number of rotatable bonds is 8. The summed E-state index contributed by atoms with van der Waals surface area (Å²) < 4.78 is 10.2. The molecule has 0 aromatic heterocycles. The van der Waals surface area contributed by atoms with Gasteiger partial charge in [-0.05, 0) is 111 Å². The molecule has 0 aliphatic carbocycles. The molecule has 0 N–H and O–H groups in total. The first-order chi connectivity index (χ1) is 12.5. The smallest absolute Gasteiger partial charge is 0.236 e. The molecule has 0 spiro atoms. The van der Waals surface area contributed by atoms with Crippen molar-refractivity contribution in [3.8, 4) is 11.5 Å². The molecule has 0 radical (unpaired) electrons. The summed E-state index contributed by atoms with van der Waals surface area (Å²) >= 11 is 13.7. The van der Waals surface area contributed by atoms with Crippen LogP contribution in [0.4, 0.5) is 0 Å². The highest BCUT2D eigenvalue weighted by atomic mass is 79.9. The Balaban J connectivity index is 2.36. The van der Waals surface area contributed by atoms with Crippen molar-refractivity contribution in [1.82, 2.24) is 0 Å². The van der Waals surface area contributed by atoms with Gasteiger partial charge in [-0.25, -0.2) is 0 Å². The summed E-state index contributed by atoms with van der Waals surface area (Å²) in [6, 6.07) is 16.0. The molecule has 0 unspecified atom stereocenters. The predicted molar refractivity (Wildman–Crippen MR) is 128 cm³/mol. The van der Waals surface area contributed by atoms with E-state index >= 15 is 0 Å². The number of hydrogen-bond donors (Lipinski definition) is 0. The second-order valence-corrected chi connectivity index (χ2v) is 13.3. The van der Waals surface area contributed by atoms with E-state index in [-0.39, 0.29) is 5.41 Å². The SMILES string of the molecule is C=CC(Br)(Br)Oc1cccc(C(C)(C)c2cccc(OC(Br)(Br)C=C)c2)c1. The second kappa shape index (κ2) is 8.85. The third-order valence-electron chi connectivity index (χ3n) is 4.09. The van der Waals surface area contributed by atoms with Crippen LogP contribution in [0.2, 0.25) is 0 Å². The maximum Gasteiger partial charge on any atom is 0.236 e. The normalized spacial score (nSPS) is 12.4. The fourth-order valence-electron chi connectivity index (χ4n) is 2.46. The molecule has 2 aromatic rings. The van der Waals surface area contributed by atoms with Crippen LogP contribution >= 0.6 is 63.7 Å². The first-order valence-corrected chi connectivity index (χ1v) is 11.3. The number of halogens is 4. The molecule has 0 saturated carbocycles. The minimum atomic E-state index is -0.795. The molecule has 0 saturated heterocycles. The summed E-state index contributed by atoms with van der Waals surface area (Å²) in [5, 5.41) is 0. The van der Waals surface area contributed by atoms with Gasteiger partial charge in [-0.1, -0.05) is 51.3 Å². The average molecular weight is 624 g/mol. The van der Waals surface area contributed by atoms with Crippen LogP contribution in [0, 0.1) is 0 Å². The highest BCUT2D eigenvalue weighted by Crippen LogP contribution is 2.38. The third kappa shape index (κ3) is 6.21. The molecule has 0 heterocycles. The molecule has 0 aliphatic rings. The van der Waals surface area contributed by atoms with Gasteiger partial charge in [0.1, 0.15) is 11.5 Å². The lowest BCUT2D eigenvalue weighted by Gasteiger charge is -2.28. The molecule has 2 nitrogen and oxygen atoms in total. The zero-order valence-electron chi connectivity index (χ0n) is 15.0. The van der Waals surface area contributed by atoms with Crippen LogP contribution in [0.15, 0.2) is 73.8 Å². The lowest BCUT2D eigenvalue weighted by atomic mass is 9.78. The Morgan fingerprint density at radius 3 is 1.44 bits per heavy atom. The standard InChI is InChI=1S/C21H20Br4O2/c1-5-20(22,23)26-17-11-7-9-15(13-17)19(3,4)16-10-8-12-18(14-16)27-21(24,25)6-2/h5-14H,1-2H2,3-4H3. The fourth-order valence-corrected chi connectivity index (χ4v) is 3.21. The Bertz CT molecular complexity index is 761. The van der Waals surface area contributed by atoms with Crippen LogP contribution in [-0.2, 0) is 5.41 Å². The van der Waals surface area contributed by atoms with Crippen molar-refractivity contribution in [3.05, 3.63) is 85.0 Å². The first kappa shape index (κ1) is 22.7. The minimum absolute atomic E-state index is 0.260. The van der Waals surface area contributed by atoms with E-state index in [0.29, 0.717) is 0 Å². The molecule has 0 aliphatic heterocycles. The molecule has 0 amide bonds. The molecular weight excluding hydrogens is 604 g/mol. The van der Waals surface area contributed by atoms with Crippen molar-refractivity contribution in [3.63, 3.8) is 0 Å². The predicted octanol–water partition coefficient (Wildman–Crippen LogP) is 8.03. The number of ether oxygens (including phenoxy) is 2. The quantitative estimate of drug-likeness (QED) is 0.219. The van der Waals surface area contributed by atoms with Crippen molar-refractivity contribution < 1.29 is 9.47 Å². The minimum Gasteiger partial charge on any atom is -0.463 e. The number of alkyl halides is 4. The molecule has 2 aromatic carbocycles. The lowest BCUT2D eigenvalue weighted by Crippen LogP contribution is -2.21. The molecule has 6 heteroatoms. The van der Waals surface area contributed by atoms with Gasteiger partial charge < -0.3 is 9.47 Å². The Kier molecular flexibility index (Phi) is 7.45. The fraction of sp³-hybridized carbons (Fsp3) is 0.238. The molecule has 27 heavy (non-hydrogen) atoms. The van der Waals surface area contributed by atoms with Crippen molar-refractivity contribution in [1.29, 1.82) is 0 Å². The van der Waals surface area contributed by atoms with Crippen molar-refractivity contribution in [2.45, 2.75) is 26.1 Å². The van der Waals surface area contributed by atoms with Crippen molar-refractivity contribution in [2.75, 3.05) is 0 Å². The second-order valence-electron chi connectivity index (χ2n) is 6.42. The van der Waals surface area contributed by atoms with Gasteiger partial charge in [0.25, 0.3) is 0 Å². The van der Waals surface area contributed by atoms with Crippen LogP contribution < -0.4 is 9.47 Å². The molecule has 0 bridgehead atoms. The van der Waals surface area contributed by atoms with Gasteiger partial charge in [-0.3, -0.25) is 0 Å². The lowest BCUT2D eigenvalue weighted by molar-refractivity contribution is 0.315. The zero-order valence-corrected chi connectivity index (χ0v) is 21.4. The van der Waals surface area contributed by atoms with E-state index < -0.39 is 6.84 Å². The summed E-state index contributed by atoms with van der Waals surface area (Å²) in [6.45, 7) is 11.8. The number of hydrogen-bond acceptors (Lipinski definition) is 2. The van der Waals surface area contributed by atoms with E-state index in [9.17, 15) is 0 Å². The summed E-state index contributed by atoms with van der Waals surface area (Å²) in [7, 11) is 0. The Morgan fingerprint density at radius 1 is 0.741 bits per heavy atom. The molecule has 2 rings (SSSR count). The first-order valence-electron chi connectivity index (χ1n) is 8.11. The molecule has 144 valence electrons.